The molecule has 0 bridgehead atoms. The van der Waals surface area contributed by atoms with Crippen LogP contribution < -0.4 is 4.74 Å². The third-order valence-electron chi connectivity index (χ3n) is 4.47. The van der Waals surface area contributed by atoms with Crippen molar-refractivity contribution in [1.82, 2.24) is 14.5 Å². The van der Waals surface area contributed by atoms with Gasteiger partial charge in [-0.3, -0.25) is 4.98 Å². The fourth-order valence-electron chi connectivity index (χ4n) is 3.17. The maximum absolute atomic E-state index is 13.7. The number of pyridine rings is 1. The lowest BCUT2D eigenvalue weighted by atomic mass is 10.1. The Morgan fingerprint density at radius 3 is 2.65 bits per heavy atom. The highest BCUT2D eigenvalue weighted by atomic mass is 19.4. The van der Waals surface area contributed by atoms with Crippen molar-refractivity contribution in [3.05, 3.63) is 36.2 Å². The van der Waals surface area contributed by atoms with Crippen molar-refractivity contribution in [2.75, 3.05) is 33.9 Å². The van der Waals surface area contributed by atoms with Crippen molar-refractivity contribution in [1.29, 1.82) is 0 Å². The Labute approximate surface area is 148 Å². The molecule has 0 unspecified atom stereocenters. The minimum Gasteiger partial charge on any atom is -0.497 e. The van der Waals surface area contributed by atoms with E-state index in [-0.39, 0.29) is 17.7 Å². The van der Waals surface area contributed by atoms with Gasteiger partial charge in [-0.2, -0.15) is 13.2 Å². The number of hydrogen-bond acceptors (Lipinski definition) is 4. The molecular weight excluding hydrogens is 347 g/mol. The number of ether oxygens (including phenoxy) is 1. The molecule has 0 spiro atoms. The minimum absolute atomic E-state index is 0.0251. The molecule has 0 amide bonds. The van der Waals surface area contributed by atoms with Crippen molar-refractivity contribution in [2.45, 2.75) is 12.7 Å². The molecule has 1 N–H and O–H groups in total. The smallest absolute Gasteiger partial charge is 0.417 e. The van der Waals surface area contributed by atoms with Crippen molar-refractivity contribution < 1.29 is 23.0 Å². The Balaban J connectivity index is 2.25. The van der Waals surface area contributed by atoms with Gasteiger partial charge in [0, 0.05) is 42.7 Å². The van der Waals surface area contributed by atoms with Gasteiger partial charge in [0.25, 0.3) is 0 Å². The molecule has 0 aliphatic carbocycles. The van der Waals surface area contributed by atoms with Crippen LogP contribution in [0.1, 0.15) is 5.56 Å². The first-order valence-corrected chi connectivity index (χ1v) is 8.17. The number of aliphatic hydroxyl groups is 1. The van der Waals surface area contributed by atoms with Gasteiger partial charge in [0.1, 0.15) is 5.75 Å². The van der Waals surface area contributed by atoms with Crippen LogP contribution in [0, 0.1) is 0 Å². The molecule has 0 fully saturated rings. The predicted molar refractivity (Wildman–Crippen MR) is 93.4 cm³/mol. The average molecular weight is 367 g/mol. The topological polar surface area (TPSA) is 50.5 Å². The van der Waals surface area contributed by atoms with E-state index in [0.717, 1.165) is 6.07 Å². The highest BCUT2D eigenvalue weighted by molar-refractivity contribution is 6.10. The number of benzene rings is 1. The molecule has 26 heavy (non-hydrogen) atoms. The first kappa shape index (κ1) is 18.5. The van der Waals surface area contributed by atoms with Crippen molar-refractivity contribution >= 4 is 21.8 Å². The summed E-state index contributed by atoms with van der Waals surface area (Å²) in [7, 11) is 3.20. The largest absolute Gasteiger partial charge is 0.497 e. The quantitative estimate of drug-likeness (QED) is 0.727. The molecule has 2 heterocycles. The van der Waals surface area contributed by atoms with Crippen LogP contribution in [0.5, 0.6) is 5.75 Å². The molecule has 0 atom stereocenters. The van der Waals surface area contributed by atoms with Gasteiger partial charge in [-0.05, 0) is 19.2 Å². The molecule has 140 valence electrons. The Bertz CT molecular complexity index is 921. The standard InChI is InChI=1S/C18H20F3N3O2/c1-23(7-8-25)5-6-24-15-10-12(26-2)9-14(18(19,20)21)17(15)13-3-4-22-11-16(13)24/h3-4,9-11,25H,5-8H2,1-2H3. The van der Waals surface area contributed by atoms with Crippen LogP contribution in [-0.4, -0.2) is 53.4 Å². The summed E-state index contributed by atoms with van der Waals surface area (Å²) in [6.07, 6.45) is -1.43. The average Bonchev–Trinajstić information content (AvgIpc) is 2.92. The van der Waals surface area contributed by atoms with Crippen molar-refractivity contribution in [3.63, 3.8) is 0 Å². The summed E-state index contributed by atoms with van der Waals surface area (Å²) in [6, 6.07) is 4.26. The molecule has 3 rings (SSSR count). The number of methoxy groups -OCH3 is 1. The molecule has 3 aromatic rings. The highest BCUT2D eigenvalue weighted by Gasteiger charge is 2.35. The fraction of sp³-hybridized carbons (Fsp3) is 0.389. The molecular formula is C18H20F3N3O2. The Morgan fingerprint density at radius 2 is 2.00 bits per heavy atom. The van der Waals surface area contributed by atoms with Crippen LogP contribution in [0.25, 0.3) is 21.8 Å². The van der Waals surface area contributed by atoms with Crippen LogP contribution in [0.4, 0.5) is 13.2 Å². The summed E-state index contributed by atoms with van der Waals surface area (Å²) in [6.45, 7) is 1.56. The Hall–Kier alpha value is -2.32. The zero-order valence-electron chi connectivity index (χ0n) is 14.5. The highest BCUT2D eigenvalue weighted by Crippen LogP contribution is 2.41. The molecule has 8 heteroatoms. The van der Waals surface area contributed by atoms with Gasteiger partial charge in [0.15, 0.2) is 0 Å². The summed E-state index contributed by atoms with van der Waals surface area (Å²) in [5.41, 5.74) is 0.376. The van der Waals surface area contributed by atoms with E-state index in [4.69, 9.17) is 9.84 Å². The molecule has 2 aromatic heterocycles. The van der Waals surface area contributed by atoms with E-state index in [2.05, 4.69) is 4.98 Å². The maximum atomic E-state index is 13.7. The minimum atomic E-state index is -4.50. The number of rotatable bonds is 6. The van der Waals surface area contributed by atoms with Gasteiger partial charge in [-0.15, -0.1) is 0 Å². The second-order valence-corrected chi connectivity index (χ2v) is 6.14. The SMILES string of the molecule is COc1cc(C(F)(F)F)c2c3ccncc3n(CCN(C)CCO)c2c1. The van der Waals surface area contributed by atoms with Crippen molar-refractivity contribution in [3.8, 4) is 5.75 Å². The number of alkyl halides is 3. The van der Waals surface area contributed by atoms with E-state index < -0.39 is 11.7 Å². The number of halogens is 3. The van der Waals surface area contributed by atoms with Crippen LogP contribution in [0.15, 0.2) is 30.6 Å². The number of fused-ring (bicyclic) bond motifs is 3. The van der Waals surface area contributed by atoms with Gasteiger partial charge in [-0.25, -0.2) is 0 Å². The molecule has 0 aliphatic heterocycles. The van der Waals surface area contributed by atoms with E-state index in [1.165, 1.54) is 13.3 Å². The summed E-state index contributed by atoms with van der Waals surface area (Å²) in [4.78, 5) is 6.00. The Morgan fingerprint density at radius 1 is 1.23 bits per heavy atom. The molecule has 0 saturated carbocycles. The lowest BCUT2D eigenvalue weighted by Crippen LogP contribution is -2.26. The van der Waals surface area contributed by atoms with Crippen LogP contribution >= 0.6 is 0 Å². The van der Waals surface area contributed by atoms with E-state index in [9.17, 15) is 13.2 Å². The summed E-state index contributed by atoms with van der Waals surface area (Å²) in [5.74, 6) is 0.158. The molecule has 1 aromatic carbocycles. The van der Waals surface area contributed by atoms with E-state index in [1.807, 2.05) is 16.5 Å². The normalized spacial score (nSPS) is 12.4. The second-order valence-electron chi connectivity index (χ2n) is 6.14. The first-order valence-electron chi connectivity index (χ1n) is 8.17. The molecule has 5 nitrogen and oxygen atoms in total. The van der Waals surface area contributed by atoms with Gasteiger partial charge < -0.3 is 19.3 Å². The Kier molecular flexibility index (Phi) is 5.06. The van der Waals surface area contributed by atoms with Gasteiger partial charge in [-0.1, -0.05) is 0 Å². The van der Waals surface area contributed by atoms with Crippen LogP contribution in [0.2, 0.25) is 0 Å². The number of hydrogen-bond donors (Lipinski definition) is 1. The number of likely N-dealkylation sites (N-methyl/N-ethyl adjacent to an activating group) is 1. The zero-order chi connectivity index (χ0) is 18.9. The summed E-state index contributed by atoms with van der Waals surface area (Å²) >= 11 is 0. The van der Waals surface area contributed by atoms with Crippen molar-refractivity contribution in [2.24, 2.45) is 0 Å². The van der Waals surface area contributed by atoms with Crippen LogP contribution in [0.3, 0.4) is 0 Å². The lowest BCUT2D eigenvalue weighted by Gasteiger charge is -2.17. The number of aliphatic hydroxyl groups excluding tert-OH is 1. The van der Waals surface area contributed by atoms with E-state index >= 15 is 0 Å². The monoisotopic (exact) mass is 367 g/mol. The third-order valence-corrected chi connectivity index (χ3v) is 4.47. The summed E-state index contributed by atoms with van der Waals surface area (Å²) < 4.78 is 47.9. The molecule has 0 aliphatic rings. The van der Waals surface area contributed by atoms with Gasteiger partial charge >= 0.3 is 6.18 Å². The van der Waals surface area contributed by atoms with E-state index in [1.54, 1.807) is 18.3 Å². The van der Waals surface area contributed by atoms with Gasteiger partial charge in [0.05, 0.1) is 36.5 Å². The van der Waals surface area contributed by atoms with Gasteiger partial charge in [0.2, 0.25) is 0 Å². The zero-order valence-corrected chi connectivity index (χ0v) is 14.5. The second kappa shape index (κ2) is 7.13. The fourth-order valence-corrected chi connectivity index (χ4v) is 3.17. The summed E-state index contributed by atoms with van der Waals surface area (Å²) in [5, 5.41) is 9.69. The first-order chi connectivity index (χ1) is 12.4. The molecule has 0 saturated heterocycles. The number of nitrogens with zero attached hydrogens (tertiary/aromatic N) is 3. The molecule has 0 radical (unpaired) electrons. The third kappa shape index (κ3) is 3.34. The number of aromatic nitrogens is 2. The lowest BCUT2D eigenvalue weighted by molar-refractivity contribution is -0.136. The van der Waals surface area contributed by atoms with Crippen LogP contribution in [-0.2, 0) is 12.7 Å². The van der Waals surface area contributed by atoms with E-state index in [0.29, 0.717) is 36.1 Å². The predicted octanol–water partition coefficient (Wildman–Crippen LogP) is 3.14. The maximum Gasteiger partial charge on any atom is 0.417 e.